The normalized spacial score (nSPS) is 18.9. The molecule has 2 saturated heterocycles. The van der Waals surface area contributed by atoms with Crippen LogP contribution in [0, 0.1) is 3.57 Å². The molecule has 1 N–H and O–H groups in total. The molecular weight excluding hydrogens is 477 g/mol. The van der Waals surface area contributed by atoms with Gasteiger partial charge in [-0.2, -0.15) is 4.98 Å². The minimum atomic E-state index is 0.459. The molecule has 2 aliphatic rings. The molecule has 0 amide bonds. The van der Waals surface area contributed by atoms with Gasteiger partial charge in [0.2, 0.25) is 5.95 Å². The number of nitrogens with one attached hydrogen (secondary N) is 1. The first kappa shape index (κ1) is 20.9. The number of fused-ring (bicyclic) bond motifs is 1. The standard InChI is InChI=1S/C22H32IN5O/c1-3-9-27-12-7-16(8-13-27)24-21-17-14-20(29-2)18(23)15-19(17)25-22(26-21)28-10-5-4-6-11-28/h14-16H,3-13H2,1-2H3,(H,24,25,26). The van der Waals surface area contributed by atoms with Crippen molar-refractivity contribution in [2.75, 3.05) is 50.1 Å². The predicted molar refractivity (Wildman–Crippen MR) is 128 cm³/mol. The number of rotatable bonds is 6. The molecule has 0 aliphatic carbocycles. The third-order valence-corrected chi connectivity index (χ3v) is 6.91. The summed E-state index contributed by atoms with van der Waals surface area (Å²) in [6, 6.07) is 4.67. The second-order valence-corrected chi connectivity index (χ2v) is 9.35. The highest BCUT2D eigenvalue weighted by Gasteiger charge is 2.22. The van der Waals surface area contributed by atoms with Gasteiger partial charge in [-0.05, 0) is 79.8 Å². The number of hydrogen-bond acceptors (Lipinski definition) is 6. The lowest BCUT2D eigenvalue weighted by molar-refractivity contribution is 0.219. The summed E-state index contributed by atoms with van der Waals surface area (Å²) in [5.74, 6) is 2.71. The van der Waals surface area contributed by atoms with Gasteiger partial charge in [-0.15, -0.1) is 0 Å². The third kappa shape index (κ3) is 4.87. The first-order chi connectivity index (χ1) is 14.2. The van der Waals surface area contributed by atoms with Gasteiger partial charge < -0.3 is 19.9 Å². The second kappa shape index (κ2) is 9.64. The topological polar surface area (TPSA) is 53.5 Å². The SMILES string of the molecule is CCCN1CCC(Nc2nc(N3CCCCC3)nc3cc(I)c(OC)cc23)CC1. The summed E-state index contributed by atoms with van der Waals surface area (Å²) in [6.45, 7) is 7.89. The van der Waals surface area contributed by atoms with E-state index in [-0.39, 0.29) is 0 Å². The van der Waals surface area contributed by atoms with Crippen LogP contribution in [0.25, 0.3) is 10.9 Å². The summed E-state index contributed by atoms with van der Waals surface area (Å²) in [4.78, 5) is 14.9. The van der Waals surface area contributed by atoms with Crippen LogP contribution in [-0.4, -0.2) is 60.7 Å². The van der Waals surface area contributed by atoms with Gasteiger partial charge in [0.15, 0.2) is 0 Å². The Bertz CT molecular complexity index is 832. The van der Waals surface area contributed by atoms with Crippen molar-refractivity contribution in [3.05, 3.63) is 15.7 Å². The molecule has 2 aliphatic heterocycles. The van der Waals surface area contributed by atoms with Crippen molar-refractivity contribution >= 4 is 45.3 Å². The average molecular weight is 509 g/mol. The number of piperidine rings is 2. The second-order valence-electron chi connectivity index (χ2n) is 8.18. The molecule has 0 atom stereocenters. The Morgan fingerprint density at radius 3 is 2.55 bits per heavy atom. The van der Waals surface area contributed by atoms with Gasteiger partial charge in [0.25, 0.3) is 0 Å². The Labute approximate surface area is 187 Å². The van der Waals surface area contributed by atoms with E-state index in [0.717, 1.165) is 71.0 Å². The molecule has 158 valence electrons. The summed E-state index contributed by atoms with van der Waals surface area (Å²) in [7, 11) is 1.73. The number of halogens is 1. The summed E-state index contributed by atoms with van der Waals surface area (Å²) >= 11 is 2.33. The zero-order chi connectivity index (χ0) is 20.2. The Morgan fingerprint density at radius 1 is 1.10 bits per heavy atom. The fourth-order valence-corrected chi connectivity index (χ4v) is 5.10. The predicted octanol–water partition coefficient (Wildman–Crippen LogP) is 4.52. The van der Waals surface area contributed by atoms with Crippen LogP contribution in [0.5, 0.6) is 5.75 Å². The van der Waals surface area contributed by atoms with Gasteiger partial charge in [-0.3, -0.25) is 0 Å². The lowest BCUT2D eigenvalue weighted by atomic mass is 10.0. The highest BCUT2D eigenvalue weighted by molar-refractivity contribution is 14.1. The van der Waals surface area contributed by atoms with Crippen molar-refractivity contribution in [2.45, 2.75) is 51.5 Å². The monoisotopic (exact) mass is 509 g/mol. The zero-order valence-electron chi connectivity index (χ0n) is 17.6. The van der Waals surface area contributed by atoms with Crippen molar-refractivity contribution in [1.82, 2.24) is 14.9 Å². The summed E-state index contributed by atoms with van der Waals surface area (Å²) < 4.78 is 6.66. The summed E-state index contributed by atoms with van der Waals surface area (Å²) in [6.07, 6.45) is 7.30. The molecule has 1 aromatic heterocycles. The number of nitrogens with zero attached hydrogens (tertiary/aromatic N) is 4. The van der Waals surface area contributed by atoms with E-state index >= 15 is 0 Å². The van der Waals surface area contributed by atoms with Crippen LogP contribution in [0.15, 0.2) is 12.1 Å². The largest absolute Gasteiger partial charge is 0.496 e. The fraction of sp³-hybridized carbons (Fsp3) is 0.636. The number of benzene rings is 1. The minimum absolute atomic E-state index is 0.459. The van der Waals surface area contributed by atoms with Crippen molar-refractivity contribution in [2.24, 2.45) is 0 Å². The maximum Gasteiger partial charge on any atom is 0.227 e. The molecule has 1 aromatic carbocycles. The third-order valence-electron chi connectivity index (χ3n) is 6.06. The van der Waals surface area contributed by atoms with Gasteiger partial charge in [0.05, 0.1) is 16.2 Å². The van der Waals surface area contributed by atoms with E-state index < -0.39 is 0 Å². The highest BCUT2D eigenvalue weighted by atomic mass is 127. The molecule has 6 nitrogen and oxygen atoms in total. The lowest BCUT2D eigenvalue weighted by Crippen LogP contribution is -2.39. The van der Waals surface area contributed by atoms with Gasteiger partial charge in [-0.25, -0.2) is 4.98 Å². The maximum atomic E-state index is 5.58. The Morgan fingerprint density at radius 2 is 1.86 bits per heavy atom. The molecule has 3 heterocycles. The molecule has 7 heteroatoms. The van der Waals surface area contributed by atoms with E-state index in [0.29, 0.717) is 6.04 Å². The Balaban J connectivity index is 1.64. The van der Waals surface area contributed by atoms with Crippen molar-refractivity contribution in [3.63, 3.8) is 0 Å². The summed E-state index contributed by atoms with van der Waals surface area (Å²) in [5, 5.41) is 4.83. The molecular formula is C22H32IN5O. The summed E-state index contributed by atoms with van der Waals surface area (Å²) in [5.41, 5.74) is 0.997. The fourth-order valence-electron chi connectivity index (χ4n) is 4.43. The van der Waals surface area contributed by atoms with Crippen LogP contribution in [-0.2, 0) is 0 Å². The number of aromatic nitrogens is 2. The molecule has 4 rings (SSSR count). The van der Waals surface area contributed by atoms with Crippen LogP contribution in [0.4, 0.5) is 11.8 Å². The molecule has 0 unspecified atom stereocenters. The van der Waals surface area contributed by atoms with Crippen LogP contribution >= 0.6 is 22.6 Å². The Kier molecular flexibility index (Phi) is 6.95. The number of methoxy groups -OCH3 is 1. The number of ether oxygens (including phenoxy) is 1. The van der Waals surface area contributed by atoms with Crippen LogP contribution in [0.2, 0.25) is 0 Å². The highest BCUT2D eigenvalue weighted by Crippen LogP contribution is 2.32. The molecule has 2 fully saturated rings. The molecule has 0 saturated carbocycles. The van der Waals surface area contributed by atoms with E-state index in [1.54, 1.807) is 7.11 Å². The van der Waals surface area contributed by atoms with Gasteiger partial charge in [0, 0.05) is 37.6 Å². The molecule has 2 aromatic rings. The quantitative estimate of drug-likeness (QED) is 0.579. The van der Waals surface area contributed by atoms with E-state index in [1.807, 2.05) is 0 Å². The van der Waals surface area contributed by atoms with Crippen LogP contribution < -0.4 is 15.0 Å². The number of likely N-dealkylation sites (tertiary alicyclic amines) is 1. The van der Waals surface area contributed by atoms with Gasteiger partial charge >= 0.3 is 0 Å². The van der Waals surface area contributed by atoms with E-state index in [4.69, 9.17) is 14.7 Å². The van der Waals surface area contributed by atoms with Crippen LogP contribution in [0.3, 0.4) is 0 Å². The van der Waals surface area contributed by atoms with E-state index in [1.165, 1.54) is 32.2 Å². The molecule has 0 spiro atoms. The van der Waals surface area contributed by atoms with Crippen molar-refractivity contribution in [3.8, 4) is 5.75 Å². The number of anilines is 2. The molecule has 29 heavy (non-hydrogen) atoms. The Hall–Kier alpha value is -1.35. The maximum absolute atomic E-state index is 5.58. The van der Waals surface area contributed by atoms with Crippen molar-refractivity contribution in [1.29, 1.82) is 0 Å². The molecule has 0 radical (unpaired) electrons. The van der Waals surface area contributed by atoms with Crippen LogP contribution in [0.1, 0.15) is 45.4 Å². The van der Waals surface area contributed by atoms with Crippen molar-refractivity contribution < 1.29 is 4.74 Å². The average Bonchev–Trinajstić information content (AvgIpc) is 2.75. The smallest absolute Gasteiger partial charge is 0.227 e. The lowest BCUT2D eigenvalue weighted by Gasteiger charge is -2.33. The first-order valence-electron chi connectivity index (χ1n) is 11.0. The first-order valence-corrected chi connectivity index (χ1v) is 12.0. The number of hydrogen-bond donors (Lipinski definition) is 1. The molecule has 0 bridgehead atoms. The van der Waals surface area contributed by atoms with Gasteiger partial charge in [0.1, 0.15) is 11.6 Å². The minimum Gasteiger partial charge on any atom is -0.496 e. The van der Waals surface area contributed by atoms with E-state index in [2.05, 4.69) is 56.8 Å². The van der Waals surface area contributed by atoms with E-state index in [9.17, 15) is 0 Å². The van der Waals surface area contributed by atoms with Gasteiger partial charge in [-0.1, -0.05) is 6.92 Å². The zero-order valence-corrected chi connectivity index (χ0v) is 19.7.